The number of hydrogen-bond donors (Lipinski definition) is 3. The molecule has 0 radical (unpaired) electrons. The predicted octanol–water partition coefficient (Wildman–Crippen LogP) is 2.99. The summed E-state index contributed by atoms with van der Waals surface area (Å²) >= 11 is 0. The van der Waals surface area contributed by atoms with Crippen molar-refractivity contribution in [2.75, 3.05) is 27.2 Å². The Balaban J connectivity index is 0.000000182. The van der Waals surface area contributed by atoms with Gasteiger partial charge in [-0.15, -0.1) is 0 Å². The number of carboxylic acid groups (broad SMARTS) is 2. The first-order valence-corrected chi connectivity index (χ1v) is 11.6. The number of aliphatic hydroxyl groups is 1. The molecule has 186 valence electrons. The van der Waals surface area contributed by atoms with Crippen molar-refractivity contribution in [2.45, 2.75) is 56.7 Å². The molecule has 3 N–H and O–H groups in total. The van der Waals surface area contributed by atoms with E-state index < -0.39 is 30.9 Å². The largest absolute Gasteiger partial charge is 0.481 e. The van der Waals surface area contributed by atoms with E-state index in [9.17, 15) is 9.59 Å². The van der Waals surface area contributed by atoms with Crippen LogP contribution in [0.25, 0.3) is 0 Å². The van der Waals surface area contributed by atoms with Crippen molar-refractivity contribution in [1.82, 2.24) is 19.8 Å². The van der Waals surface area contributed by atoms with Gasteiger partial charge in [0.05, 0.1) is 18.9 Å². The van der Waals surface area contributed by atoms with E-state index in [-0.39, 0.29) is 0 Å². The highest BCUT2D eigenvalue weighted by Crippen LogP contribution is 2.30. The fourth-order valence-electron chi connectivity index (χ4n) is 4.28. The van der Waals surface area contributed by atoms with Gasteiger partial charge in [-0.25, -0.2) is 0 Å². The fraction of sp³-hybridized carbons (Fsp3) is 0.520. The summed E-state index contributed by atoms with van der Waals surface area (Å²) in [5.74, 6) is -2.40. The quantitative estimate of drug-likeness (QED) is 0.581. The van der Waals surface area contributed by atoms with E-state index in [4.69, 9.17) is 15.3 Å². The number of aliphatic carboxylic acids is 2. The minimum Gasteiger partial charge on any atom is -0.481 e. The average Bonchev–Trinajstić information content (AvgIpc) is 3.43. The van der Waals surface area contributed by atoms with E-state index in [2.05, 4.69) is 46.0 Å². The van der Waals surface area contributed by atoms with Gasteiger partial charge in [-0.1, -0.05) is 12.1 Å². The standard InChI is InChI=1S/2C10H14N2.C5H8O5/c2*1-12-7-3-5-10(12)9-4-2-6-11-8-9;6-3(1-4(7)8)2-5(9)10/h2*2,4,6,8,10H,3,5,7H2,1H3;3,6H,1-2H2,(H,7,8)(H,9,10). The molecule has 0 saturated carbocycles. The Morgan fingerprint density at radius 1 is 0.882 bits per heavy atom. The van der Waals surface area contributed by atoms with Crippen molar-refractivity contribution in [2.24, 2.45) is 0 Å². The number of pyridine rings is 2. The molecule has 2 unspecified atom stereocenters. The van der Waals surface area contributed by atoms with Crippen molar-refractivity contribution in [1.29, 1.82) is 0 Å². The van der Waals surface area contributed by atoms with E-state index >= 15 is 0 Å². The molecule has 0 bridgehead atoms. The van der Waals surface area contributed by atoms with Crippen molar-refractivity contribution < 1.29 is 24.9 Å². The molecule has 2 aromatic heterocycles. The Hall–Kier alpha value is -2.88. The van der Waals surface area contributed by atoms with E-state index in [1.165, 1.54) is 49.9 Å². The monoisotopic (exact) mass is 472 g/mol. The van der Waals surface area contributed by atoms with E-state index in [1.807, 2.05) is 36.9 Å². The highest BCUT2D eigenvalue weighted by molar-refractivity contribution is 5.71. The second kappa shape index (κ2) is 14.4. The van der Waals surface area contributed by atoms with Crippen molar-refractivity contribution in [3.05, 3.63) is 60.2 Å². The lowest BCUT2D eigenvalue weighted by Gasteiger charge is -2.18. The van der Waals surface area contributed by atoms with Crippen molar-refractivity contribution in [3.63, 3.8) is 0 Å². The average molecular weight is 473 g/mol. The molecule has 0 aromatic carbocycles. The van der Waals surface area contributed by atoms with Crippen LogP contribution in [0.3, 0.4) is 0 Å². The zero-order valence-corrected chi connectivity index (χ0v) is 20.0. The minimum atomic E-state index is -1.28. The molecule has 0 aliphatic carbocycles. The van der Waals surface area contributed by atoms with Crippen molar-refractivity contribution >= 4 is 11.9 Å². The van der Waals surface area contributed by atoms with Crippen LogP contribution in [0, 0.1) is 0 Å². The van der Waals surface area contributed by atoms with Gasteiger partial charge < -0.3 is 15.3 Å². The fourth-order valence-corrected chi connectivity index (χ4v) is 4.28. The van der Waals surface area contributed by atoms with Gasteiger partial charge in [0.2, 0.25) is 0 Å². The zero-order chi connectivity index (χ0) is 24.9. The molecule has 2 aromatic rings. The smallest absolute Gasteiger partial charge is 0.305 e. The van der Waals surface area contributed by atoms with Gasteiger partial charge in [0, 0.05) is 36.9 Å². The lowest BCUT2D eigenvalue weighted by Crippen LogP contribution is -2.17. The predicted molar refractivity (Wildman–Crippen MR) is 128 cm³/mol. The van der Waals surface area contributed by atoms with Crippen LogP contribution in [0.5, 0.6) is 0 Å². The molecular formula is C25H36N4O5. The number of carboxylic acids is 2. The lowest BCUT2D eigenvalue weighted by molar-refractivity contribution is -0.142. The first-order chi connectivity index (χ1) is 16.3. The highest BCUT2D eigenvalue weighted by Gasteiger charge is 2.22. The molecule has 9 heteroatoms. The number of aromatic nitrogens is 2. The normalized spacial score (nSPS) is 20.2. The third-order valence-electron chi connectivity index (χ3n) is 6.00. The van der Waals surface area contributed by atoms with Gasteiger partial charge in [-0.3, -0.25) is 29.4 Å². The molecular weight excluding hydrogens is 436 g/mol. The van der Waals surface area contributed by atoms with Crippen LogP contribution in [0.1, 0.15) is 61.7 Å². The summed E-state index contributed by atoms with van der Waals surface area (Å²) in [7, 11) is 4.37. The van der Waals surface area contributed by atoms with Crippen LogP contribution < -0.4 is 0 Å². The van der Waals surface area contributed by atoms with E-state index in [1.54, 1.807) is 0 Å². The van der Waals surface area contributed by atoms with E-state index in [0.29, 0.717) is 12.1 Å². The van der Waals surface area contributed by atoms with Crippen LogP contribution >= 0.6 is 0 Å². The molecule has 2 aliphatic heterocycles. The molecule has 4 heterocycles. The first-order valence-electron chi connectivity index (χ1n) is 11.6. The van der Waals surface area contributed by atoms with Gasteiger partial charge in [-0.2, -0.15) is 0 Å². The van der Waals surface area contributed by atoms with Crippen LogP contribution in [0.2, 0.25) is 0 Å². The summed E-state index contributed by atoms with van der Waals surface area (Å²) in [4.78, 5) is 32.8. The number of rotatable bonds is 6. The summed E-state index contributed by atoms with van der Waals surface area (Å²) in [6.45, 7) is 2.44. The summed E-state index contributed by atoms with van der Waals surface area (Å²) in [6.07, 6.45) is 10.5. The van der Waals surface area contributed by atoms with Crippen molar-refractivity contribution in [3.8, 4) is 0 Å². The maximum absolute atomic E-state index is 9.84. The first kappa shape index (κ1) is 27.4. The second-order valence-corrected chi connectivity index (χ2v) is 8.70. The Labute approximate surface area is 201 Å². The Kier molecular flexibility index (Phi) is 11.6. The zero-order valence-electron chi connectivity index (χ0n) is 20.0. The van der Waals surface area contributed by atoms with Crippen LogP contribution in [0.4, 0.5) is 0 Å². The molecule has 2 fully saturated rings. The third-order valence-corrected chi connectivity index (χ3v) is 6.00. The SMILES string of the molecule is CN1CCCC1c1cccnc1.CN1CCCC1c1cccnc1.O=C(O)CC(O)CC(=O)O. The molecule has 9 nitrogen and oxygen atoms in total. The Bertz CT molecular complexity index is 797. The molecule has 34 heavy (non-hydrogen) atoms. The number of carbonyl (C=O) groups is 2. The minimum absolute atomic E-state index is 0.522. The summed E-state index contributed by atoms with van der Waals surface area (Å²) in [6, 6.07) is 9.58. The molecule has 2 aliphatic rings. The number of hydrogen-bond acceptors (Lipinski definition) is 7. The van der Waals surface area contributed by atoms with Gasteiger partial charge >= 0.3 is 11.9 Å². The second-order valence-electron chi connectivity index (χ2n) is 8.70. The van der Waals surface area contributed by atoms with Crippen LogP contribution in [-0.2, 0) is 9.59 Å². The summed E-state index contributed by atoms with van der Waals surface area (Å²) < 4.78 is 0. The van der Waals surface area contributed by atoms with Gasteiger partial charge in [-0.05, 0) is 76.1 Å². The number of aliphatic hydroxyl groups excluding tert-OH is 1. The van der Waals surface area contributed by atoms with Gasteiger partial charge in [0.15, 0.2) is 0 Å². The van der Waals surface area contributed by atoms with Gasteiger partial charge in [0.1, 0.15) is 0 Å². The maximum Gasteiger partial charge on any atom is 0.305 e. The molecule has 2 atom stereocenters. The van der Waals surface area contributed by atoms with Gasteiger partial charge in [0.25, 0.3) is 0 Å². The Morgan fingerprint density at radius 2 is 1.29 bits per heavy atom. The number of nitrogens with zero attached hydrogens (tertiary/aromatic N) is 4. The summed E-state index contributed by atoms with van der Waals surface area (Å²) in [5.41, 5.74) is 2.72. The lowest BCUT2D eigenvalue weighted by atomic mass is 10.1. The maximum atomic E-state index is 9.84. The molecule has 4 rings (SSSR count). The van der Waals surface area contributed by atoms with Crippen LogP contribution in [0.15, 0.2) is 49.1 Å². The Morgan fingerprint density at radius 3 is 1.56 bits per heavy atom. The van der Waals surface area contributed by atoms with E-state index in [0.717, 1.165) is 0 Å². The summed E-state index contributed by atoms with van der Waals surface area (Å²) in [5, 5.41) is 24.7. The third kappa shape index (κ3) is 9.54. The highest BCUT2D eigenvalue weighted by atomic mass is 16.4. The molecule has 2 saturated heterocycles. The number of likely N-dealkylation sites (tertiary alicyclic amines) is 2. The molecule has 0 amide bonds. The van der Waals surface area contributed by atoms with Crippen LogP contribution in [-0.4, -0.2) is 80.3 Å². The molecule has 0 spiro atoms. The topological polar surface area (TPSA) is 127 Å².